The number of hydrogen-bond donors (Lipinski definition) is 2. The number of hydrogen-bond acceptors (Lipinski definition) is 4. The number of nitrogens with one attached hydrogen (secondary N) is 2. The molecule has 5 nitrogen and oxygen atoms in total. The predicted octanol–water partition coefficient (Wildman–Crippen LogP) is 4.58. The van der Waals surface area contributed by atoms with Crippen LogP contribution in [0, 0.1) is 5.92 Å². The summed E-state index contributed by atoms with van der Waals surface area (Å²) in [6.07, 6.45) is 1.69. The fourth-order valence-corrected chi connectivity index (χ4v) is 2.92. The van der Waals surface area contributed by atoms with Gasteiger partial charge in [-0.15, -0.1) is 0 Å². The molecule has 138 valence electrons. The number of carbonyl (C=O) groups is 1. The molecule has 1 amide bonds. The van der Waals surface area contributed by atoms with Crippen molar-refractivity contribution in [2.75, 3.05) is 23.8 Å². The Hall–Kier alpha value is -2.53. The van der Waals surface area contributed by atoms with E-state index in [2.05, 4.69) is 10.6 Å². The maximum Gasteiger partial charge on any atom is 0.227 e. The minimum atomic E-state index is 0.0432. The van der Waals surface area contributed by atoms with Gasteiger partial charge in [0.2, 0.25) is 5.91 Å². The van der Waals surface area contributed by atoms with Crippen molar-refractivity contribution in [1.29, 1.82) is 0 Å². The van der Waals surface area contributed by atoms with Crippen LogP contribution in [0.5, 0.6) is 5.75 Å². The molecule has 0 spiro atoms. The van der Waals surface area contributed by atoms with Gasteiger partial charge < -0.3 is 20.1 Å². The van der Waals surface area contributed by atoms with Crippen molar-refractivity contribution >= 4 is 23.0 Å². The Kier molecular flexibility index (Phi) is 6.12. The molecule has 2 aromatic carbocycles. The highest BCUT2D eigenvalue weighted by Crippen LogP contribution is 2.29. The summed E-state index contributed by atoms with van der Waals surface area (Å²) < 4.78 is 11.1. The molecule has 1 saturated heterocycles. The van der Waals surface area contributed by atoms with Crippen LogP contribution in [0.4, 0.5) is 17.1 Å². The van der Waals surface area contributed by atoms with Gasteiger partial charge in [0.05, 0.1) is 11.8 Å². The summed E-state index contributed by atoms with van der Waals surface area (Å²) in [5.74, 6) is 0.936. The van der Waals surface area contributed by atoms with Gasteiger partial charge in [-0.05, 0) is 63.1 Å². The van der Waals surface area contributed by atoms with E-state index in [0.29, 0.717) is 13.2 Å². The fraction of sp³-hybridized carbons (Fsp3) is 0.381. The van der Waals surface area contributed by atoms with Gasteiger partial charge in [0.25, 0.3) is 0 Å². The molecule has 0 radical (unpaired) electrons. The molecule has 5 heteroatoms. The van der Waals surface area contributed by atoms with E-state index in [-0.39, 0.29) is 17.9 Å². The fourth-order valence-electron chi connectivity index (χ4n) is 2.92. The molecule has 0 bridgehead atoms. The smallest absolute Gasteiger partial charge is 0.227 e. The maximum absolute atomic E-state index is 12.3. The average molecular weight is 354 g/mol. The highest BCUT2D eigenvalue weighted by atomic mass is 16.5. The van der Waals surface area contributed by atoms with Gasteiger partial charge in [-0.2, -0.15) is 0 Å². The van der Waals surface area contributed by atoms with E-state index in [1.807, 2.05) is 62.4 Å². The first-order chi connectivity index (χ1) is 12.6. The van der Waals surface area contributed by atoms with E-state index in [0.717, 1.165) is 35.7 Å². The number of benzene rings is 2. The first-order valence-electron chi connectivity index (χ1n) is 9.13. The first-order valence-corrected chi connectivity index (χ1v) is 9.13. The maximum atomic E-state index is 12.3. The summed E-state index contributed by atoms with van der Waals surface area (Å²) in [5.41, 5.74) is 2.66. The van der Waals surface area contributed by atoms with Crippen molar-refractivity contribution in [1.82, 2.24) is 0 Å². The Morgan fingerprint density at radius 1 is 1.04 bits per heavy atom. The molecule has 26 heavy (non-hydrogen) atoms. The summed E-state index contributed by atoms with van der Waals surface area (Å²) in [6, 6.07) is 15.6. The van der Waals surface area contributed by atoms with Gasteiger partial charge in [-0.1, -0.05) is 12.1 Å². The monoisotopic (exact) mass is 354 g/mol. The summed E-state index contributed by atoms with van der Waals surface area (Å²) >= 11 is 0. The lowest BCUT2D eigenvalue weighted by Gasteiger charge is -2.21. The Morgan fingerprint density at radius 2 is 1.69 bits per heavy atom. The summed E-state index contributed by atoms with van der Waals surface area (Å²) in [6.45, 7) is 5.34. The van der Waals surface area contributed by atoms with Crippen molar-refractivity contribution in [2.45, 2.75) is 32.8 Å². The van der Waals surface area contributed by atoms with E-state index in [9.17, 15) is 4.79 Å². The second-order valence-corrected chi connectivity index (χ2v) is 6.74. The van der Waals surface area contributed by atoms with Gasteiger partial charge in [-0.3, -0.25) is 4.79 Å². The van der Waals surface area contributed by atoms with Gasteiger partial charge >= 0.3 is 0 Å². The van der Waals surface area contributed by atoms with Crippen molar-refractivity contribution in [3.8, 4) is 5.75 Å². The zero-order chi connectivity index (χ0) is 18.4. The van der Waals surface area contributed by atoms with Crippen LogP contribution in [0.25, 0.3) is 0 Å². The van der Waals surface area contributed by atoms with Crippen molar-refractivity contribution in [2.24, 2.45) is 5.92 Å². The molecule has 1 aliphatic rings. The molecule has 1 heterocycles. The van der Waals surface area contributed by atoms with Crippen LogP contribution in [0.3, 0.4) is 0 Å². The molecular formula is C21H26N2O3. The highest BCUT2D eigenvalue weighted by molar-refractivity contribution is 5.92. The lowest BCUT2D eigenvalue weighted by Crippen LogP contribution is -2.28. The Balaban J connectivity index is 1.62. The summed E-state index contributed by atoms with van der Waals surface area (Å²) in [7, 11) is 0. The number of rotatable bonds is 6. The molecule has 2 N–H and O–H groups in total. The van der Waals surface area contributed by atoms with Crippen LogP contribution in [0.15, 0.2) is 48.5 Å². The number of anilines is 3. The molecule has 0 unspecified atom stereocenters. The number of para-hydroxylation sites is 2. The van der Waals surface area contributed by atoms with E-state index < -0.39 is 0 Å². The minimum Gasteiger partial charge on any atom is -0.489 e. The molecule has 3 rings (SSSR count). The van der Waals surface area contributed by atoms with Crippen LogP contribution in [0.1, 0.15) is 26.7 Å². The summed E-state index contributed by atoms with van der Waals surface area (Å²) in [5, 5.41) is 6.36. The molecule has 0 aliphatic carbocycles. The SMILES string of the molecule is CC(C)Oc1ccccc1Nc1ccc(NC(=O)C2CCOCC2)cc1. The molecule has 1 aliphatic heterocycles. The molecular weight excluding hydrogens is 328 g/mol. The second kappa shape index (κ2) is 8.72. The van der Waals surface area contributed by atoms with Gasteiger partial charge in [0.1, 0.15) is 5.75 Å². The average Bonchev–Trinajstić information content (AvgIpc) is 2.65. The van der Waals surface area contributed by atoms with Gasteiger partial charge in [0.15, 0.2) is 0 Å². The summed E-state index contributed by atoms with van der Waals surface area (Å²) in [4.78, 5) is 12.3. The third kappa shape index (κ3) is 4.99. The van der Waals surface area contributed by atoms with E-state index >= 15 is 0 Å². The minimum absolute atomic E-state index is 0.0432. The van der Waals surface area contributed by atoms with Crippen molar-refractivity contribution in [3.05, 3.63) is 48.5 Å². The van der Waals surface area contributed by atoms with Crippen molar-refractivity contribution < 1.29 is 14.3 Å². The lowest BCUT2D eigenvalue weighted by atomic mass is 9.99. The Morgan fingerprint density at radius 3 is 2.38 bits per heavy atom. The quantitative estimate of drug-likeness (QED) is 0.797. The third-order valence-corrected chi connectivity index (χ3v) is 4.27. The standard InChI is InChI=1S/C21H26N2O3/c1-15(2)26-20-6-4-3-5-19(20)22-17-7-9-18(10-8-17)23-21(24)16-11-13-25-14-12-16/h3-10,15-16,22H,11-14H2,1-2H3,(H,23,24). The van der Waals surface area contributed by atoms with E-state index in [4.69, 9.17) is 9.47 Å². The molecule has 0 aromatic heterocycles. The number of ether oxygens (including phenoxy) is 2. The van der Waals surface area contributed by atoms with Gasteiger partial charge in [0, 0.05) is 30.5 Å². The van der Waals surface area contributed by atoms with Crippen LogP contribution < -0.4 is 15.4 Å². The van der Waals surface area contributed by atoms with Crippen LogP contribution in [-0.4, -0.2) is 25.2 Å². The molecule has 0 saturated carbocycles. The highest BCUT2D eigenvalue weighted by Gasteiger charge is 2.21. The Labute approximate surface area is 154 Å². The molecule has 0 atom stereocenters. The normalized spacial score (nSPS) is 14.9. The third-order valence-electron chi connectivity index (χ3n) is 4.27. The van der Waals surface area contributed by atoms with E-state index in [1.54, 1.807) is 0 Å². The zero-order valence-electron chi connectivity index (χ0n) is 15.3. The van der Waals surface area contributed by atoms with Crippen molar-refractivity contribution in [3.63, 3.8) is 0 Å². The van der Waals surface area contributed by atoms with Gasteiger partial charge in [-0.25, -0.2) is 0 Å². The number of amides is 1. The number of carbonyl (C=O) groups excluding carboxylic acids is 1. The molecule has 1 fully saturated rings. The lowest BCUT2D eigenvalue weighted by molar-refractivity contribution is -0.122. The zero-order valence-corrected chi connectivity index (χ0v) is 15.3. The van der Waals surface area contributed by atoms with E-state index in [1.165, 1.54) is 0 Å². The topological polar surface area (TPSA) is 59.6 Å². The van der Waals surface area contributed by atoms with Crippen LogP contribution in [0.2, 0.25) is 0 Å². The second-order valence-electron chi connectivity index (χ2n) is 6.74. The Bertz CT molecular complexity index is 722. The first kappa shape index (κ1) is 18.3. The predicted molar refractivity (Wildman–Crippen MR) is 104 cm³/mol. The molecule has 2 aromatic rings. The largest absolute Gasteiger partial charge is 0.489 e. The van der Waals surface area contributed by atoms with Crippen LogP contribution in [-0.2, 0) is 9.53 Å². The van der Waals surface area contributed by atoms with Crippen LogP contribution >= 0.6 is 0 Å².